The van der Waals surface area contributed by atoms with E-state index in [0.717, 1.165) is 62.4 Å². The summed E-state index contributed by atoms with van der Waals surface area (Å²) in [6.45, 7) is 4.86. The molecule has 2 saturated heterocycles. The summed E-state index contributed by atoms with van der Waals surface area (Å²) in [7, 11) is 0. The van der Waals surface area contributed by atoms with Gasteiger partial charge in [-0.3, -0.25) is 20.3 Å². The Morgan fingerprint density at radius 2 is 1.62 bits per heavy atom. The number of anilines is 1. The van der Waals surface area contributed by atoms with E-state index in [-0.39, 0.29) is 24.3 Å². The van der Waals surface area contributed by atoms with Crippen LogP contribution in [0.1, 0.15) is 55.6 Å². The number of ether oxygens (including phenoxy) is 1. The fourth-order valence-electron chi connectivity index (χ4n) is 5.84. The molecule has 2 heterocycles. The van der Waals surface area contributed by atoms with Gasteiger partial charge in [0.15, 0.2) is 0 Å². The van der Waals surface area contributed by atoms with E-state index in [2.05, 4.69) is 33.1 Å². The predicted molar refractivity (Wildman–Crippen MR) is 149 cm³/mol. The largest absolute Gasteiger partial charge is 0.444 e. The SMILES string of the molecule is O=C1CCC(c2ccc(NC3CCC(CN4CCN(NC(=O)OCc5ccccc5)CC4)CC3)cc2)C(=O)N1. The van der Waals surface area contributed by atoms with Gasteiger partial charge in [0.05, 0.1) is 5.92 Å². The van der Waals surface area contributed by atoms with Gasteiger partial charge in [-0.15, -0.1) is 0 Å². The van der Waals surface area contributed by atoms with Crippen LogP contribution in [-0.4, -0.2) is 66.6 Å². The monoisotopic (exact) mass is 533 g/mol. The molecule has 2 aliphatic heterocycles. The van der Waals surface area contributed by atoms with E-state index < -0.39 is 6.09 Å². The van der Waals surface area contributed by atoms with Crippen molar-refractivity contribution in [2.75, 3.05) is 38.0 Å². The van der Waals surface area contributed by atoms with Crippen LogP contribution in [0.2, 0.25) is 0 Å². The normalized spacial score (nSPS) is 24.6. The fourth-order valence-corrected chi connectivity index (χ4v) is 5.84. The zero-order valence-corrected chi connectivity index (χ0v) is 22.4. The molecule has 3 aliphatic rings. The number of piperidine rings is 1. The van der Waals surface area contributed by atoms with Crippen LogP contribution < -0.4 is 16.1 Å². The average Bonchev–Trinajstić information content (AvgIpc) is 2.95. The molecule has 3 amide bonds. The molecule has 9 heteroatoms. The number of nitrogens with zero attached hydrogens (tertiary/aromatic N) is 2. The highest BCUT2D eigenvalue weighted by molar-refractivity contribution is 6.00. The number of rotatable bonds is 8. The van der Waals surface area contributed by atoms with Gasteiger partial charge in [0.25, 0.3) is 0 Å². The lowest BCUT2D eigenvalue weighted by molar-refractivity contribution is -0.134. The van der Waals surface area contributed by atoms with Crippen molar-refractivity contribution in [3.8, 4) is 0 Å². The molecular formula is C30H39N5O4. The second-order valence-electron chi connectivity index (χ2n) is 10.9. The maximum Gasteiger partial charge on any atom is 0.422 e. The molecule has 39 heavy (non-hydrogen) atoms. The zero-order chi connectivity index (χ0) is 27.0. The Labute approximate surface area is 230 Å². The molecule has 9 nitrogen and oxygen atoms in total. The van der Waals surface area contributed by atoms with Gasteiger partial charge in [0.1, 0.15) is 6.61 Å². The number of hydrogen-bond acceptors (Lipinski definition) is 7. The minimum Gasteiger partial charge on any atom is -0.444 e. The molecule has 0 bridgehead atoms. The van der Waals surface area contributed by atoms with Crippen LogP contribution in [0.25, 0.3) is 0 Å². The third kappa shape index (κ3) is 7.80. The molecule has 0 spiro atoms. The standard InChI is InChI=1S/C30H39N5O4/c36-28-15-14-27(29(37)32-28)24-8-12-26(13-9-24)31-25-10-6-22(7-11-25)20-34-16-18-35(19-17-34)33-30(38)39-21-23-4-2-1-3-5-23/h1-5,8-9,12-13,22,25,27,31H,6-7,10-11,14-21H2,(H,33,38)(H,32,36,37). The minimum atomic E-state index is -0.399. The molecule has 2 aromatic carbocycles. The Hall–Kier alpha value is -3.43. The molecule has 0 aromatic heterocycles. The molecule has 5 rings (SSSR count). The third-order valence-electron chi connectivity index (χ3n) is 8.12. The van der Waals surface area contributed by atoms with Gasteiger partial charge >= 0.3 is 6.09 Å². The van der Waals surface area contributed by atoms with E-state index in [4.69, 9.17) is 4.74 Å². The number of carbonyl (C=O) groups excluding carboxylic acids is 3. The van der Waals surface area contributed by atoms with Crippen LogP contribution in [0.15, 0.2) is 54.6 Å². The number of nitrogens with one attached hydrogen (secondary N) is 3. The predicted octanol–water partition coefficient (Wildman–Crippen LogP) is 3.64. The second kappa shape index (κ2) is 13.1. The summed E-state index contributed by atoms with van der Waals surface area (Å²) in [6, 6.07) is 18.3. The zero-order valence-electron chi connectivity index (χ0n) is 22.4. The Morgan fingerprint density at radius 3 is 2.31 bits per heavy atom. The third-order valence-corrected chi connectivity index (χ3v) is 8.12. The Morgan fingerprint density at radius 1 is 0.897 bits per heavy atom. The van der Waals surface area contributed by atoms with Gasteiger partial charge in [-0.25, -0.2) is 9.80 Å². The van der Waals surface area contributed by atoms with Crippen molar-refractivity contribution in [3.05, 3.63) is 65.7 Å². The Balaban J connectivity index is 0.971. The summed E-state index contributed by atoms with van der Waals surface area (Å²) in [5.74, 6) is 0.0945. The number of imide groups is 1. The van der Waals surface area contributed by atoms with Crippen LogP contribution in [-0.2, 0) is 20.9 Å². The summed E-state index contributed by atoms with van der Waals surface area (Å²) >= 11 is 0. The van der Waals surface area contributed by atoms with Crippen molar-refractivity contribution in [3.63, 3.8) is 0 Å². The summed E-state index contributed by atoms with van der Waals surface area (Å²) in [4.78, 5) is 38.2. The molecule has 1 atom stereocenters. The first-order valence-corrected chi connectivity index (χ1v) is 14.2. The Bertz CT molecular complexity index is 1110. The van der Waals surface area contributed by atoms with Crippen molar-refractivity contribution in [1.29, 1.82) is 0 Å². The lowest BCUT2D eigenvalue weighted by Crippen LogP contribution is -2.54. The van der Waals surface area contributed by atoms with Crippen molar-refractivity contribution >= 4 is 23.6 Å². The molecule has 3 N–H and O–H groups in total. The lowest BCUT2D eigenvalue weighted by Gasteiger charge is -2.38. The highest BCUT2D eigenvalue weighted by Gasteiger charge is 2.28. The fraction of sp³-hybridized carbons (Fsp3) is 0.500. The molecule has 208 valence electrons. The van der Waals surface area contributed by atoms with Crippen LogP contribution in [0.4, 0.5) is 10.5 Å². The molecule has 0 radical (unpaired) electrons. The van der Waals surface area contributed by atoms with E-state index in [9.17, 15) is 14.4 Å². The summed E-state index contributed by atoms with van der Waals surface area (Å²) in [5, 5.41) is 8.07. The topological polar surface area (TPSA) is 103 Å². The van der Waals surface area contributed by atoms with Gasteiger partial charge in [-0.2, -0.15) is 0 Å². The van der Waals surface area contributed by atoms with Gasteiger partial charge < -0.3 is 15.0 Å². The summed E-state index contributed by atoms with van der Waals surface area (Å²) < 4.78 is 5.33. The first-order valence-electron chi connectivity index (χ1n) is 14.2. The van der Waals surface area contributed by atoms with E-state index in [1.807, 2.05) is 47.5 Å². The summed E-state index contributed by atoms with van der Waals surface area (Å²) in [5.41, 5.74) is 5.90. The molecule has 1 saturated carbocycles. The number of benzene rings is 2. The number of carbonyl (C=O) groups is 3. The maximum absolute atomic E-state index is 12.1. The second-order valence-corrected chi connectivity index (χ2v) is 10.9. The summed E-state index contributed by atoms with van der Waals surface area (Å²) in [6.07, 6.45) is 5.28. The van der Waals surface area contributed by atoms with Gasteiger partial charge in [0, 0.05) is 50.9 Å². The van der Waals surface area contributed by atoms with Crippen LogP contribution in [0.3, 0.4) is 0 Å². The maximum atomic E-state index is 12.1. The number of amides is 3. The van der Waals surface area contributed by atoms with E-state index >= 15 is 0 Å². The highest BCUT2D eigenvalue weighted by atomic mass is 16.6. The van der Waals surface area contributed by atoms with Crippen LogP contribution >= 0.6 is 0 Å². The van der Waals surface area contributed by atoms with Gasteiger partial charge in [0.2, 0.25) is 11.8 Å². The smallest absolute Gasteiger partial charge is 0.422 e. The molecule has 1 aliphatic carbocycles. The van der Waals surface area contributed by atoms with Crippen molar-refractivity contribution in [2.24, 2.45) is 5.92 Å². The molecule has 2 aromatic rings. The number of hydrazine groups is 1. The van der Waals surface area contributed by atoms with Crippen LogP contribution in [0.5, 0.6) is 0 Å². The number of hydrogen-bond donors (Lipinski definition) is 3. The highest BCUT2D eigenvalue weighted by Crippen LogP contribution is 2.29. The molecular weight excluding hydrogens is 494 g/mol. The quantitative estimate of drug-likeness (QED) is 0.445. The van der Waals surface area contributed by atoms with Gasteiger partial charge in [-0.05, 0) is 61.3 Å². The first kappa shape index (κ1) is 27.1. The van der Waals surface area contributed by atoms with Gasteiger partial charge in [-0.1, -0.05) is 42.5 Å². The number of piperazine rings is 1. The van der Waals surface area contributed by atoms with Crippen molar-refractivity contribution in [2.45, 2.75) is 57.1 Å². The van der Waals surface area contributed by atoms with E-state index in [1.165, 1.54) is 12.8 Å². The average molecular weight is 534 g/mol. The van der Waals surface area contributed by atoms with E-state index in [0.29, 0.717) is 24.8 Å². The van der Waals surface area contributed by atoms with Crippen molar-refractivity contribution < 1.29 is 19.1 Å². The lowest BCUT2D eigenvalue weighted by atomic mass is 9.85. The van der Waals surface area contributed by atoms with Crippen LogP contribution in [0, 0.1) is 5.92 Å². The van der Waals surface area contributed by atoms with E-state index in [1.54, 1.807) is 0 Å². The minimum absolute atomic E-state index is 0.179. The molecule has 1 unspecified atom stereocenters. The van der Waals surface area contributed by atoms with Crippen molar-refractivity contribution in [1.82, 2.24) is 20.7 Å². The first-order chi connectivity index (χ1) is 19.0. The Kier molecular flexibility index (Phi) is 9.11. The molecule has 3 fully saturated rings.